The van der Waals surface area contributed by atoms with Gasteiger partial charge in [0.2, 0.25) is 0 Å². The first-order valence-corrected chi connectivity index (χ1v) is 10.2. The Kier molecular flexibility index (Phi) is 6.70. The molecule has 0 atom stereocenters. The van der Waals surface area contributed by atoms with Crippen molar-refractivity contribution in [3.8, 4) is 0 Å². The van der Waals surface area contributed by atoms with E-state index in [-0.39, 0.29) is 5.91 Å². The highest BCUT2D eigenvalue weighted by molar-refractivity contribution is 5.94. The molecule has 152 valence electrons. The molecule has 0 spiro atoms. The molecule has 3 aromatic rings. The van der Waals surface area contributed by atoms with Gasteiger partial charge in [-0.2, -0.15) is 5.10 Å². The van der Waals surface area contributed by atoms with Crippen LogP contribution in [-0.4, -0.2) is 35.3 Å². The van der Waals surface area contributed by atoms with Gasteiger partial charge in [0.15, 0.2) is 0 Å². The number of anilines is 1. The molecule has 0 fully saturated rings. The Hall–Kier alpha value is -3.08. The van der Waals surface area contributed by atoms with Gasteiger partial charge in [-0.1, -0.05) is 24.3 Å². The molecule has 0 aliphatic carbocycles. The summed E-state index contributed by atoms with van der Waals surface area (Å²) in [7, 11) is 0. The number of likely N-dealkylation sites (N-methyl/N-ethyl adjacent to an activating group) is 1. The number of hydrogen-bond donors (Lipinski definition) is 1. The molecule has 2 aromatic carbocycles. The number of rotatable bonds is 8. The lowest BCUT2D eigenvalue weighted by atomic mass is 10.1. The van der Waals surface area contributed by atoms with Gasteiger partial charge in [0.05, 0.1) is 12.2 Å². The average Bonchev–Trinajstić information content (AvgIpc) is 3.02. The first-order valence-electron chi connectivity index (χ1n) is 10.2. The highest BCUT2D eigenvalue weighted by Gasteiger charge is 2.09. The van der Waals surface area contributed by atoms with Crippen LogP contribution < -0.4 is 10.2 Å². The van der Waals surface area contributed by atoms with Crippen LogP contribution in [0, 0.1) is 20.8 Å². The maximum Gasteiger partial charge on any atom is 0.251 e. The third-order valence-electron chi connectivity index (χ3n) is 5.04. The Bertz CT molecular complexity index is 977. The third kappa shape index (κ3) is 5.47. The molecule has 3 rings (SSSR count). The van der Waals surface area contributed by atoms with Gasteiger partial charge >= 0.3 is 0 Å². The van der Waals surface area contributed by atoms with Crippen molar-refractivity contribution in [3.63, 3.8) is 0 Å². The van der Waals surface area contributed by atoms with Gasteiger partial charge in [0, 0.05) is 36.6 Å². The van der Waals surface area contributed by atoms with Crippen molar-refractivity contribution in [2.75, 3.05) is 24.5 Å². The highest BCUT2D eigenvalue weighted by atomic mass is 16.1. The largest absolute Gasteiger partial charge is 0.370 e. The third-order valence-corrected chi connectivity index (χ3v) is 5.04. The van der Waals surface area contributed by atoms with Crippen molar-refractivity contribution in [2.24, 2.45) is 0 Å². The lowest BCUT2D eigenvalue weighted by molar-refractivity contribution is 0.0954. The summed E-state index contributed by atoms with van der Waals surface area (Å²) in [6.07, 6.45) is 0. The molecule has 0 aliphatic heterocycles. The fourth-order valence-electron chi connectivity index (χ4n) is 3.52. The number of carbonyl (C=O) groups excluding carboxylic acids is 1. The first-order chi connectivity index (χ1) is 14.0. The van der Waals surface area contributed by atoms with E-state index in [2.05, 4.69) is 59.5 Å². The number of amides is 1. The highest BCUT2D eigenvalue weighted by Crippen LogP contribution is 2.15. The molecule has 5 heteroatoms. The minimum Gasteiger partial charge on any atom is -0.370 e. The molecular formula is C24H30N4O. The van der Waals surface area contributed by atoms with Crippen molar-refractivity contribution in [1.29, 1.82) is 0 Å². The molecular weight excluding hydrogens is 360 g/mol. The second kappa shape index (κ2) is 9.41. The fraction of sp³-hybridized carbons (Fsp3) is 0.333. The number of aryl methyl sites for hydroxylation is 3. The Labute approximate surface area is 173 Å². The van der Waals surface area contributed by atoms with Crippen LogP contribution in [0.2, 0.25) is 0 Å². The summed E-state index contributed by atoms with van der Waals surface area (Å²) in [5.41, 5.74) is 6.30. The van der Waals surface area contributed by atoms with Crippen molar-refractivity contribution in [3.05, 3.63) is 82.7 Å². The van der Waals surface area contributed by atoms with Crippen molar-refractivity contribution in [1.82, 2.24) is 15.1 Å². The van der Waals surface area contributed by atoms with Crippen LogP contribution in [0.3, 0.4) is 0 Å². The Balaban J connectivity index is 1.58. The number of nitrogens with one attached hydrogen (secondary N) is 1. The van der Waals surface area contributed by atoms with E-state index >= 15 is 0 Å². The first kappa shape index (κ1) is 20.6. The molecule has 1 N–H and O–H groups in total. The van der Waals surface area contributed by atoms with Crippen LogP contribution in [0.4, 0.5) is 5.69 Å². The Morgan fingerprint density at radius 3 is 2.55 bits per heavy atom. The summed E-state index contributed by atoms with van der Waals surface area (Å²) < 4.78 is 1.97. The van der Waals surface area contributed by atoms with Crippen molar-refractivity contribution >= 4 is 11.6 Å². The van der Waals surface area contributed by atoms with E-state index in [0.717, 1.165) is 30.0 Å². The van der Waals surface area contributed by atoms with Crippen LogP contribution in [0.25, 0.3) is 0 Å². The zero-order valence-corrected chi connectivity index (χ0v) is 17.8. The molecule has 0 bridgehead atoms. The van der Waals surface area contributed by atoms with Gasteiger partial charge in [0.1, 0.15) is 0 Å². The molecule has 5 nitrogen and oxygen atoms in total. The van der Waals surface area contributed by atoms with Gasteiger partial charge in [-0.25, -0.2) is 0 Å². The number of aromatic nitrogens is 2. The number of hydrogen-bond acceptors (Lipinski definition) is 3. The second-order valence-electron chi connectivity index (χ2n) is 7.46. The molecule has 0 saturated carbocycles. The summed E-state index contributed by atoms with van der Waals surface area (Å²) in [6.45, 7) is 11.2. The predicted molar refractivity (Wildman–Crippen MR) is 119 cm³/mol. The smallest absolute Gasteiger partial charge is 0.251 e. The van der Waals surface area contributed by atoms with Crippen LogP contribution in [0.1, 0.15) is 39.8 Å². The molecule has 0 radical (unpaired) electrons. The predicted octanol–water partition coefficient (Wildman–Crippen LogP) is 4.11. The van der Waals surface area contributed by atoms with E-state index in [1.807, 2.05) is 42.8 Å². The average molecular weight is 391 g/mol. The molecule has 29 heavy (non-hydrogen) atoms. The second-order valence-corrected chi connectivity index (χ2v) is 7.46. The number of nitrogens with zero attached hydrogens (tertiary/aromatic N) is 3. The standard InChI is InChI=1S/C24H30N4O/c1-5-27(23-11-6-8-18(2)14-23)13-12-25-24(29)22-10-7-9-21(16-22)17-28-20(4)15-19(3)26-28/h6-11,14-16H,5,12-13,17H2,1-4H3,(H,25,29). The van der Waals surface area contributed by atoms with E-state index in [4.69, 9.17) is 0 Å². The molecule has 0 unspecified atom stereocenters. The van der Waals surface area contributed by atoms with E-state index in [9.17, 15) is 4.79 Å². The summed E-state index contributed by atoms with van der Waals surface area (Å²) >= 11 is 0. The zero-order valence-electron chi connectivity index (χ0n) is 17.8. The van der Waals surface area contributed by atoms with E-state index < -0.39 is 0 Å². The van der Waals surface area contributed by atoms with Gasteiger partial charge in [-0.05, 0) is 69.2 Å². The van der Waals surface area contributed by atoms with Crippen LogP contribution in [0.15, 0.2) is 54.6 Å². The molecule has 1 aromatic heterocycles. The number of carbonyl (C=O) groups is 1. The Morgan fingerprint density at radius 1 is 1.07 bits per heavy atom. The lowest BCUT2D eigenvalue weighted by Crippen LogP contribution is -2.35. The molecule has 0 aliphatic rings. The van der Waals surface area contributed by atoms with Gasteiger partial charge in [-0.15, -0.1) is 0 Å². The molecule has 1 heterocycles. The van der Waals surface area contributed by atoms with Crippen LogP contribution >= 0.6 is 0 Å². The molecule has 1 amide bonds. The Morgan fingerprint density at radius 2 is 1.86 bits per heavy atom. The van der Waals surface area contributed by atoms with Gasteiger partial charge in [-0.3, -0.25) is 9.48 Å². The van der Waals surface area contributed by atoms with Gasteiger partial charge in [0.25, 0.3) is 5.91 Å². The van der Waals surface area contributed by atoms with Gasteiger partial charge < -0.3 is 10.2 Å². The lowest BCUT2D eigenvalue weighted by Gasteiger charge is -2.23. The molecule has 0 saturated heterocycles. The zero-order chi connectivity index (χ0) is 20.8. The minimum absolute atomic E-state index is 0.0412. The topological polar surface area (TPSA) is 50.2 Å². The number of benzene rings is 2. The van der Waals surface area contributed by atoms with Crippen LogP contribution in [0.5, 0.6) is 0 Å². The fourth-order valence-corrected chi connectivity index (χ4v) is 3.52. The quantitative estimate of drug-likeness (QED) is 0.630. The maximum absolute atomic E-state index is 12.6. The van der Waals surface area contributed by atoms with Crippen molar-refractivity contribution < 1.29 is 4.79 Å². The summed E-state index contributed by atoms with van der Waals surface area (Å²) in [5.74, 6) is -0.0412. The monoisotopic (exact) mass is 390 g/mol. The SMILES string of the molecule is CCN(CCNC(=O)c1cccc(Cn2nc(C)cc2C)c1)c1cccc(C)c1. The van der Waals surface area contributed by atoms with E-state index in [1.54, 1.807) is 0 Å². The van der Waals surface area contributed by atoms with Crippen molar-refractivity contribution in [2.45, 2.75) is 34.2 Å². The summed E-state index contributed by atoms with van der Waals surface area (Å²) in [4.78, 5) is 14.9. The summed E-state index contributed by atoms with van der Waals surface area (Å²) in [6, 6.07) is 18.3. The minimum atomic E-state index is -0.0412. The van der Waals surface area contributed by atoms with E-state index in [1.165, 1.54) is 11.3 Å². The van der Waals surface area contributed by atoms with E-state index in [0.29, 0.717) is 18.7 Å². The normalized spacial score (nSPS) is 10.8. The maximum atomic E-state index is 12.6. The van der Waals surface area contributed by atoms with Crippen LogP contribution in [-0.2, 0) is 6.54 Å². The summed E-state index contributed by atoms with van der Waals surface area (Å²) in [5, 5.41) is 7.56.